The molecule has 0 aromatic carbocycles. The average molecular weight is 414 g/mol. The number of aromatic nitrogens is 2. The lowest BCUT2D eigenvalue weighted by Crippen LogP contribution is -2.58. The maximum absolute atomic E-state index is 13.5. The second kappa shape index (κ2) is 8.01. The minimum atomic E-state index is -1.09. The quantitative estimate of drug-likeness (QED) is 0.765. The minimum absolute atomic E-state index is 0.0613. The predicted octanol–water partition coefficient (Wildman–Crippen LogP) is 4.42. The summed E-state index contributed by atoms with van der Waals surface area (Å²) in [6, 6.07) is 0.393. The van der Waals surface area contributed by atoms with Crippen LogP contribution in [-0.4, -0.2) is 32.3 Å². The molecule has 0 aliphatic heterocycles. The number of nitrogens with one attached hydrogen (secondary N) is 1. The summed E-state index contributed by atoms with van der Waals surface area (Å²) in [6.07, 6.45) is 16.1. The number of hydrogen-bond acceptors (Lipinski definition) is 3. The van der Waals surface area contributed by atoms with Crippen molar-refractivity contribution >= 4 is 11.9 Å². The predicted molar refractivity (Wildman–Crippen MR) is 114 cm³/mol. The van der Waals surface area contributed by atoms with Gasteiger partial charge in [0.25, 0.3) is 5.91 Å². The van der Waals surface area contributed by atoms with Gasteiger partial charge in [0.1, 0.15) is 5.54 Å². The molecule has 4 aliphatic rings. The molecule has 2 bridgehead atoms. The molecule has 3 unspecified atom stereocenters. The van der Waals surface area contributed by atoms with Gasteiger partial charge in [-0.3, -0.25) is 9.48 Å². The number of carbonyl (C=O) groups excluding carboxylic acids is 1. The van der Waals surface area contributed by atoms with E-state index < -0.39 is 11.5 Å². The Bertz CT molecular complexity index is 826. The van der Waals surface area contributed by atoms with Crippen LogP contribution in [0.15, 0.2) is 0 Å². The Morgan fingerprint density at radius 1 is 0.967 bits per heavy atom. The number of rotatable bonds is 4. The highest BCUT2D eigenvalue weighted by Gasteiger charge is 2.57. The first-order valence-corrected chi connectivity index (χ1v) is 12.2. The van der Waals surface area contributed by atoms with E-state index in [1.54, 1.807) is 0 Å². The van der Waals surface area contributed by atoms with Crippen molar-refractivity contribution in [2.45, 2.75) is 108 Å². The fourth-order valence-electron chi connectivity index (χ4n) is 6.85. The van der Waals surface area contributed by atoms with Gasteiger partial charge in [0.2, 0.25) is 0 Å². The standard InChI is InChI=1S/C24H35N3O3/c28-22(25-24(23(29)30)15-16-12-13-17(24)14-16)21-19-10-6-1-2-7-11-20(19)27(26-21)18-8-4-3-5-9-18/h16-18H,1-15H2,(H,25,28)(H,29,30). The first kappa shape index (κ1) is 20.1. The Labute approximate surface area is 178 Å². The normalized spacial score (nSPS) is 31.7. The Kier molecular flexibility index (Phi) is 5.36. The number of nitrogens with zero attached hydrogens (tertiary/aromatic N) is 2. The molecular weight excluding hydrogens is 378 g/mol. The summed E-state index contributed by atoms with van der Waals surface area (Å²) in [5.74, 6) is -0.619. The Balaban J connectivity index is 1.48. The lowest BCUT2D eigenvalue weighted by Gasteiger charge is -2.34. The smallest absolute Gasteiger partial charge is 0.329 e. The lowest BCUT2D eigenvalue weighted by molar-refractivity contribution is -0.146. The van der Waals surface area contributed by atoms with Crippen LogP contribution in [0.4, 0.5) is 0 Å². The molecule has 5 rings (SSSR count). The molecule has 1 amide bonds. The molecule has 1 heterocycles. The molecule has 1 aromatic rings. The van der Waals surface area contributed by atoms with Crippen LogP contribution in [0.5, 0.6) is 0 Å². The van der Waals surface area contributed by atoms with Crippen molar-refractivity contribution < 1.29 is 14.7 Å². The number of carboxylic acid groups (broad SMARTS) is 1. The second-order valence-corrected chi connectivity index (χ2v) is 10.2. The van der Waals surface area contributed by atoms with Gasteiger partial charge in [-0.15, -0.1) is 0 Å². The maximum Gasteiger partial charge on any atom is 0.329 e. The SMILES string of the molecule is O=C(NC1(C(=O)O)CC2CCC1C2)c1nn(C2CCCCC2)c2c1CCCCCC2. The zero-order valence-electron chi connectivity index (χ0n) is 18.0. The zero-order valence-corrected chi connectivity index (χ0v) is 18.0. The summed E-state index contributed by atoms with van der Waals surface area (Å²) in [5, 5.41) is 18.0. The fraction of sp³-hybridized carbons (Fsp3) is 0.792. The van der Waals surface area contributed by atoms with E-state index in [-0.39, 0.29) is 11.8 Å². The van der Waals surface area contributed by atoms with Gasteiger partial charge in [-0.1, -0.05) is 32.1 Å². The van der Waals surface area contributed by atoms with Crippen LogP contribution in [0.1, 0.15) is 111 Å². The van der Waals surface area contributed by atoms with E-state index >= 15 is 0 Å². The number of amides is 1. The summed E-state index contributed by atoms with van der Waals surface area (Å²) in [4.78, 5) is 25.8. The van der Waals surface area contributed by atoms with Crippen LogP contribution in [0.25, 0.3) is 0 Å². The van der Waals surface area contributed by atoms with Crippen molar-refractivity contribution in [1.82, 2.24) is 15.1 Å². The molecule has 6 nitrogen and oxygen atoms in total. The Morgan fingerprint density at radius 3 is 2.37 bits per heavy atom. The van der Waals surface area contributed by atoms with Gasteiger partial charge in [-0.2, -0.15) is 5.10 Å². The van der Waals surface area contributed by atoms with E-state index in [0.29, 0.717) is 24.1 Å². The first-order chi connectivity index (χ1) is 14.6. The summed E-state index contributed by atoms with van der Waals surface area (Å²) in [5.41, 5.74) is 1.77. The molecule has 164 valence electrons. The molecule has 30 heavy (non-hydrogen) atoms. The fourth-order valence-corrected chi connectivity index (χ4v) is 6.85. The highest BCUT2D eigenvalue weighted by molar-refractivity contribution is 5.98. The molecule has 0 spiro atoms. The van der Waals surface area contributed by atoms with E-state index in [4.69, 9.17) is 5.10 Å². The Hall–Kier alpha value is -1.85. The lowest BCUT2D eigenvalue weighted by atomic mass is 9.80. The van der Waals surface area contributed by atoms with E-state index in [9.17, 15) is 14.7 Å². The van der Waals surface area contributed by atoms with Crippen molar-refractivity contribution in [3.8, 4) is 0 Å². The van der Waals surface area contributed by atoms with Gasteiger partial charge in [-0.25, -0.2) is 4.79 Å². The highest BCUT2D eigenvalue weighted by Crippen LogP contribution is 2.51. The molecule has 3 atom stereocenters. The highest BCUT2D eigenvalue weighted by atomic mass is 16.4. The molecule has 3 saturated carbocycles. The van der Waals surface area contributed by atoms with Crippen molar-refractivity contribution in [3.63, 3.8) is 0 Å². The summed E-state index contributed by atoms with van der Waals surface area (Å²) < 4.78 is 2.18. The molecule has 3 fully saturated rings. The van der Waals surface area contributed by atoms with Gasteiger partial charge in [0.05, 0.1) is 6.04 Å². The van der Waals surface area contributed by atoms with E-state index in [0.717, 1.165) is 63.4 Å². The third-order valence-corrected chi connectivity index (χ3v) is 8.41. The van der Waals surface area contributed by atoms with Crippen molar-refractivity contribution in [2.24, 2.45) is 11.8 Å². The maximum atomic E-state index is 13.5. The van der Waals surface area contributed by atoms with Crippen molar-refractivity contribution in [1.29, 1.82) is 0 Å². The van der Waals surface area contributed by atoms with Gasteiger partial charge in [-0.05, 0) is 76.0 Å². The van der Waals surface area contributed by atoms with Crippen LogP contribution in [-0.2, 0) is 17.6 Å². The third kappa shape index (κ3) is 3.36. The molecule has 2 N–H and O–H groups in total. The number of fused-ring (bicyclic) bond motifs is 3. The molecule has 6 heteroatoms. The second-order valence-electron chi connectivity index (χ2n) is 10.2. The van der Waals surface area contributed by atoms with Crippen LogP contribution in [0.2, 0.25) is 0 Å². The first-order valence-electron chi connectivity index (χ1n) is 12.2. The molecule has 1 aromatic heterocycles. The number of carbonyl (C=O) groups is 2. The largest absolute Gasteiger partial charge is 0.479 e. The number of carboxylic acids is 1. The summed E-state index contributed by atoms with van der Waals surface area (Å²) in [7, 11) is 0. The number of aliphatic carboxylic acids is 1. The van der Waals surface area contributed by atoms with Crippen LogP contribution < -0.4 is 5.32 Å². The molecule has 0 saturated heterocycles. The monoisotopic (exact) mass is 413 g/mol. The molecule has 4 aliphatic carbocycles. The molecule has 0 radical (unpaired) electrons. The van der Waals surface area contributed by atoms with E-state index in [2.05, 4.69) is 10.00 Å². The van der Waals surface area contributed by atoms with Crippen molar-refractivity contribution in [2.75, 3.05) is 0 Å². The van der Waals surface area contributed by atoms with Crippen molar-refractivity contribution in [3.05, 3.63) is 17.0 Å². The number of hydrogen-bond donors (Lipinski definition) is 2. The van der Waals surface area contributed by atoms with Gasteiger partial charge in [0, 0.05) is 11.3 Å². The third-order valence-electron chi connectivity index (χ3n) is 8.41. The van der Waals surface area contributed by atoms with Crippen LogP contribution in [0.3, 0.4) is 0 Å². The van der Waals surface area contributed by atoms with Gasteiger partial charge >= 0.3 is 5.97 Å². The van der Waals surface area contributed by atoms with E-state index in [1.807, 2.05) is 0 Å². The van der Waals surface area contributed by atoms with Crippen LogP contribution in [0, 0.1) is 11.8 Å². The zero-order chi connectivity index (χ0) is 20.7. The summed E-state index contributed by atoms with van der Waals surface area (Å²) in [6.45, 7) is 0. The van der Waals surface area contributed by atoms with Gasteiger partial charge < -0.3 is 10.4 Å². The molecular formula is C24H35N3O3. The minimum Gasteiger partial charge on any atom is -0.479 e. The Morgan fingerprint density at radius 2 is 1.70 bits per heavy atom. The average Bonchev–Trinajstić information content (AvgIpc) is 3.42. The summed E-state index contributed by atoms with van der Waals surface area (Å²) >= 11 is 0. The topological polar surface area (TPSA) is 84.2 Å². The van der Waals surface area contributed by atoms with Gasteiger partial charge in [0.15, 0.2) is 5.69 Å². The van der Waals surface area contributed by atoms with Crippen LogP contribution >= 0.6 is 0 Å². The van der Waals surface area contributed by atoms with E-state index in [1.165, 1.54) is 37.8 Å².